The van der Waals surface area contributed by atoms with Gasteiger partial charge in [0, 0.05) is 0 Å². The van der Waals surface area contributed by atoms with Crippen LogP contribution >= 0.6 is 0 Å². The van der Waals surface area contributed by atoms with Gasteiger partial charge < -0.3 is 10.1 Å². The molecule has 1 heterocycles. The zero-order valence-electron chi connectivity index (χ0n) is 7.30. The van der Waals surface area contributed by atoms with E-state index in [9.17, 15) is 20.0 Å². The van der Waals surface area contributed by atoms with E-state index in [1.807, 2.05) is 0 Å². The molecule has 0 unspecified atom stereocenters. The highest BCUT2D eigenvalue weighted by molar-refractivity contribution is 5.89. The van der Waals surface area contributed by atoms with E-state index < -0.39 is 21.9 Å². The fourth-order valence-corrected chi connectivity index (χ4v) is 1.32. The number of hydrogen-bond donors (Lipinski definition) is 2. The number of nitrogens with one attached hydrogen (secondary N) is 1. The molecule has 1 aromatic heterocycles. The van der Waals surface area contributed by atoms with Crippen LogP contribution in [0.25, 0.3) is 10.9 Å². The fraction of sp³-hybridized carbons (Fsp3) is 0. The number of hydrogen-bond acceptors (Lipinski definition) is 5. The number of benzene rings is 1. The lowest BCUT2D eigenvalue weighted by molar-refractivity contribution is -0.384. The van der Waals surface area contributed by atoms with Gasteiger partial charge in [0.1, 0.15) is 5.39 Å². The van der Waals surface area contributed by atoms with Crippen LogP contribution in [0.2, 0.25) is 0 Å². The van der Waals surface area contributed by atoms with Gasteiger partial charge in [0.2, 0.25) is 0 Å². The number of rotatable bonds is 1. The molecule has 2 rings (SSSR count). The van der Waals surface area contributed by atoms with Crippen LogP contribution < -0.4 is 5.56 Å². The first-order chi connectivity index (χ1) is 7.11. The van der Waals surface area contributed by atoms with Gasteiger partial charge in [0.25, 0.3) is 5.56 Å². The lowest BCUT2D eigenvalue weighted by Gasteiger charge is -1.99. The zero-order chi connectivity index (χ0) is 11.0. The second-order valence-electron chi connectivity index (χ2n) is 2.82. The Balaban J connectivity index is 3.04. The molecule has 0 amide bonds. The highest BCUT2D eigenvalue weighted by Gasteiger charge is 2.21. The molecular weight excluding hydrogens is 202 g/mol. The largest absolute Gasteiger partial charge is 0.502 e. The third-order valence-corrected chi connectivity index (χ3v) is 1.94. The molecule has 1 aromatic carbocycles. The molecule has 0 aliphatic heterocycles. The van der Waals surface area contributed by atoms with Gasteiger partial charge >= 0.3 is 5.69 Å². The molecule has 2 aromatic rings. The average molecular weight is 207 g/mol. The van der Waals surface area contributed by atoms with Crippen molar-refractivity contribution >= 4 is 16.6 Å². The minimum atomic E-state index is -0.811. The van der Waals surface area contributed by atoms with E-state index >= 15 is 0 Å². The molecular formula is C8H5N3O4. The molecule has 0 spiro atoms. The van der Waals surface area contributed by atoms with Crippen molar-refractivity contribution in [1.82, 2.24) is 9.97 Å². The molecule has 0 saturated heterocycles. The van der Waals surface area contributed by atoms with Crippen molar-refractivity contribution < 1.29 is 10.0 Å². The van der Waals surface area contributed by atoms with Crippen molar-refractivity contribution in [2.45, 2.75) is 0 Å². The summed E-state index contributed by atoms with van der Waals surface area (Å²) in [7, 11) is 0. The predicted molar refractivity (Wildman–Crippen MR) is 50.7 cm³/mol. The lowest BCUT2D eigenvalue weighted by Crippen LogP contribution is -2.08. The number of phenolic OH excluding ortho intramolecular Hbond substituents is 1. The van der Waals surface area contributed by atoms with Gasteiger partial charge in [0.15, 0.2) is 5.75 Å². The normalized spacial score (nSPS) is 10.4. The molecule has 0 aliphatic carbocycles. The van der Waals surface area contributed by atoms with Gasteiger partial charge in [-0.15, -0.1) is 0 Å². The van der Waals surface area contributed by atoms with Crippen LogP contribution in [0.15, 0.2) is 23.3 Å². The van der Waals surface area contributed by atoms with Crippen LogP contribution in [0, 0.1) is 10.1 Å². The van der Waals surface area contributed by atoms with Gasteiger partial charge in [-0.3, -0.25) is 14.9 Å². The Morgan fingerprint density at radius 3 is 2.87 bits per heavy atom. The van der Waals surface area contributed by atoms with E-state index in [0.717, 1.165) is 12.4 Å². The zero-order valence-corrected chi connectivity index (χ0v) is 7.30. The van der Waals surface area contributed by atoms with Crippen molar-refractivity contribution in [2.24, 2.45) is 0 Å². The molecule has 0 atom stereocenters. The number of aromatic amines is 1. The number of nitrogens with zero attached hydrogens (tertiary/aromatic N) is 2. The number of nitro benzene ring substituents is 1. The maximum atomic E-state index is 11.3. The Hall–Kier alpha value is -2.44. The Kier molecular flexibility index (Phi) is 1.86. The highest BCUT2D eigenvalue weighted by atomic mass is 16.6. The maximum Gasteiger partial charge on any atom is 0.325 e. The van der Waals surface area contributed by atoms with Crippen LogP contribution in [0.4, 0.5) is 5.69 Å². The smallest absolute Gasteiger partial charge is 0.325 e. The summed E-state index contributed by atoms with van der Waals surface area (Å²) in [6, 6.07) is 2.47. The fourth-order valence-electron chi connectivity index (χ4n) is 1.32. The van der Waals surface area contributed by atoms with Crippen molar-refractivity contribution in [1.29, 1.82) is 0 Å². The number of aromatic nitrogens is 2. The second-order valence-corrected chi connectivity index (χ2v) is 2.82. The minimum absolute atomic E-state index is 0.170. The second kappa shape index (κ2) is 3.05. The molecule has 7 heteroatoms. The number of aromatic hydroxyl groups is 1. The summed E-state index contributed by atoms with van der Waals surface area (Å²) < 4.78 is 0. The topological polar surface area (TPSA) is 109 Å². The standard InChI is InChI=1S/C8H5N3O4/c12-5-2-1-4-6(7(5)11(14)15)8(13)10-3-9-4/h1-3,12H,(H,9,10,13). The average Bonchev–Trinajstić information content (AvgIpc) is 2.18. The van der Waals surface area contributed by atoms with Crippen LogP contribution in [-0.2, 0) is 0 Å². The quantitative estimate of drug-likeness (QED) is 0.523. The first-order valence-corrected chi connectivity index (χ1v) is 3.95. The van der Waals surface area contributed by atoms with Crippen molar-refractivity contribution in [3.63, 3.8) is 0 Å². The van der Waals surface area contributed by atoms with Gasteiger partial charge in [-0.2, -0.15) is 0 Å². The molecule has 0 bridgehead atoms. The third-order valence-electron chi connectivity index (χ3n) is 1.94. The molecule has 7 nitrogen and oxygen atoms in total. The molecule has 15 heavy (non-hydrogen) atoms. The maximum absolute atomic E-state index is 11.3. The SMILES string of the molecule is O=c1[nH]cnc2ccc(O)c([N+](=O)[O-])c12. The van der Waals surface area contributed by atoms with E-state index in [2.05, 4.69) is 9.97 Å². The molecule has 0 fully saturated rings. The first-order valence-electron chi connectivity index (χ1n) is 3.95. The van der Waals surface area contributed by atoms with Crippen LogP contribution in [0.5, 0.6) is 5.75 Å². The predicted octanol–water partition coefficient (Wildman–Crippen LogP) is 0.537. The van der Waals surface area contributed by atoms with Crippen molar-refractivity contribution in [2.75, 3.05) is 0 Å². The molecule has 0 radical (unpaired) electrons. The summed E-state index contributed by atoms with van der Waals surface area (Å²) in [6.07, 6.45) is 1.14. The van der Waals surface area contributed by atoms with E-state index in [0.29, 0.717) is 0 Å². The molecule has 2 N–H and O–H groups in total. The Morgan fingerprint density at radius 1 is 1.47 bits per heavy atom. The van der Waals surface area contributed by atoms with E-state index in [-0.39, 0.29) is 10.9 Å². The van der Waals surface area contributed by atoms with E-state index in [1.165, 1.54) is 6.07 Å². The summed E-state index contributed by atoms with van der Waals surface area (Å²) in [5.41, 5.74) is -1.10. The van der Waals surface area contributed by atoms with E-state index in [4.69, 9.17) is 0 Å². The first kappa shape index (κ1) is 9.13. The molecule has 76 valence electrons. The van der Waals surface area contributed by atoms with Crippen molar-refractivity contribution in [3.8, 4) is 5.75 Å². The van der Waals surface area contributed by atoms with E-state index in [1.54, 1.807) is 0 Å². The monoisotopic (exact) mass is 207 g/mol. The summed E-state index contributed by atoms with van der Waals surface area (Å²) in [4.78, 5) is 27.2. The summed E-state index contributed by atoms with van der Waals surface area (Å²) in [5.74, 6) is -0.550. The number of phenols is 1. The van der Waals surface area contributed by atoms with Crippen molar-refractivity contribution in [3.05, 3.63) is 38.9 Å². The van der Waals surface area contributed by atoms with Crippen LogP contribution in [0.1, 0.15) is 0 Å². The number of nitro groups is 1. The Labute approximate surface area is 82.2 Å². The summed E-state index contributed by atoms with van der Waals surface area (Å²) in [5, 5.41) is 19.7. The highest BCUT2D eigenvalue weighted by Crippen LogP contribution is 2.30. The number of fused-ring (bicyclic) bond motifs is 1. The van der Waals surface area contributed by atoms with Gasteiger partial charge in [0.05, 0.1) is 16.8 Å². The van der Waals surface area contributed by atoms with Gasteiger partial charge in [-0.05, 0) is 12.1 Å². The molecule has 0 saturated carbocycles. The summed E-state index contributed by atoms with van der Waals surface area (Å²) in [6.45, 7) is 0. The van der Waals surface area contributed by atoms with Gasteiger partial charge in [-0.25, -0.2) is 4.98 Å². The van der Waals surface area contributed by atoms with Crippen LogP contribution in [-0.4, -0.2) is 20.0 Å². The molecule has 0 aliphatic rings. The lowest BCUT2D eigenvalue weighted by atomic mass is 10.2. The Morgan fingerprint density at radius 2 is 2.20 bits per heavy atom. The summed E-state index contributed by atoms with van der Waals surface area (Å²) >= 11 is 0. The minimum Gasteiger partial charge on any atom is -0.502 e. The number of H-pyrrole nitrogens is 1. The third kappa shape index (κ3) is 1.30. The van der Waals surface area contributed by atoms with Crippen LogP contribution in [0.3, 0.4) is 0 Å². The Bertz CT molecular complexity index is 604. The van der Waals surface area contributed by atoms with Gasteiger partial charge in [-0.1, -0.05) is 0 Å².